The van der Waals surface area contributed by atoms with Crippen LogP contribution in [0.3, 0.4) is 0 Å². The molecule has 28 heavy (non-hydrogen) atoms. The lowest BCUT2D eigenvalue weighted by molar-refractivity contribution is -0.116. The fourth-order valence-electron chi connectivity index (χ4n) is 3.54. The second-order valence-corrected chi connectivity index (χ2v) is 9.04. The normalized spacial score (nSPS) is 18.0. The minimum Gasteiger partial charge on any atom is -0.336 e. The quantitative estimate of drug-likeness (QED) is 0.652. The zero-order valence-electron chi connectivity index (χ0n) is 18.0. The number of rotatable bonds is 7. The second kappa shape index (κ2) is 9.92. The minimum absolute atomic E-state index is 0.00251. The van der Waals surface area contributed by atoms with Crippen LogP contribution < -0.4 is 16.0 Å². The fourth-order valence-corrected chi connectivity index (χ4v) is 3.54. The van der Waals surface area contributed by atoms with Crippen LogP contribution in [-0.2, 0) is 4.79 Å². The first-order chi connectivity index (χ1) is 13.2. The Morgan fingerprint density at radius 1 is 1.14 bits per heavy atom. The van der Waals surface area contributed by atoms with E-state index in [1.54, 1.807) is 24.3 Å². The lowest BCUT2D eigenvalue weighted by Gasteiger charge is -2.43. The van der Waals surface area contributed by atoms with E-state index < -0.39 is 0 Å². The van der Waals surface area contributed by atoms with Gasteiger partial charge in [0.1, 0.15) is 0 Å². The molecule has 1 aliphatic rings. The molecule has 156 valence electrons. The van der Waals surface area contributed by atoms with Gasteiger partial charge in [0.15, 0.2) is 0 Å². The molecule has 2 rings (SSSR count). The van der Waals surface area contributed by atoms with Gasteiger partial charge in [0.2, 0.25) is 5.91 Å². The summed E-state index contributed by atoms with van der Waals surface area (Å²) in [6, 6.07) is 6.97. The van der Waals surface area contributed by atoms with Crippen molar-refractivity contribution >= 4 is 23.3 Å². The van der Waals surface area contributed by atoms with Crippen LogP contribution in [0.5, 0.6) is 0 Å². The van der Waals surface area contributed by atoms with Crippen molar-refractivity contribution < 1.29 is 9.59 Å². The molecular formula is C22H36N4O2. The maximum absolute atomic E-state index is 12.3. The fraction of sp³-hybridized carbons (Fsp3) is 0.636. The van der Waals surface area contributed by atoms with Gasteiger partial charge in [-0.2, -0.15) is 0 Å². The Morgan fingerprint density at radius 3 is 2.32 bits per heavy atom. The average molecular weight is 389 g/mol. The van der Waals surface area contributed by atoms with Gasteiger partial charge in [-0.25, -0.2) is 4.79 Å². The lowest BCUT2D eigenvalue weighted by Crippen LogP contribution is -2.55. The number of anilines is 2. The number of benzene rings is 1. The summed E-state index contributed by atoms with van der Waals surface area (Å²) in [7, 11) is 0. The van der Waals surface area contributed by atoms with Crippen LogP contribution in [0.2, 0.25) is 0 Å². The van der Waals surface area contributed by atoms with E-state index in [1.807, 2.05) is 13.8 Å². The van der Waals surface area contributed by atoms with E-state index in [4.69, 9.17) is 0 Å². The van der Waals surface area contributed by atoms with Gasteiger partial charge in [-0.1, -0.05) is 20.8 Å². The van der Waals surface area contributed by atoms with E-state index >= 15 is 0 Å². The highest BCUT2D eigenvalue weighted by Gasteiger charge is 2.30. The Kier molecular flexibility index (Phi) is 7.87. The maximum Gasteiger partial charge on any atom is 0.319 e. The molecule has 0 saturated carbocycles. The number of piperidine rings is 1. The molecule has 0 aliphatic carbocycles. The van der Waals surface area contributed by atoms with E-state index in [2.05, 4.69) is 41.6 Å². The Hall–Kier alpha value is -2.08. The summed E-state index contributed by atoms with van der Waals surface area (Å²) in [6.45, 7) is 13.4. The second-order valence-electron chi connectivity index (χ2n) is 9.04. The van der Waals surface area contributed by atoms with Crippen LogP contribution >= 0.6 is 0 Å². The molecule has 6 heteroatoms. The highest BCUT2D eigenvalue weighted by atomic mass is 16.2. The van der Waals surface area contributed by atoms with Crippen LogP contribution in [0.25, 0.3) is 0 Å². The zero-order chi connectivity index (χ0) is 20.7. The third kappa shape index (κ3) is 7.15. The Labute approximate surface area is 169 Å². The molecule has 0 radical (unpaired) electrons. The summed E-state index contributed by atoms with van der Waals surface area (Å²) in [4.78, 5) is 26.6. The molecule has 3 N–H and O–H groups in total. The molecule has 3 amide bonds. The number of carbonyl (C=O) groups is 2. The van der Waals surface area contributed by atoms with Crippen molar-refractivity contribution in [3.63, 3.8) is 0 Å². The Morgan fingerprint density at radius 2 is 1.75 bits per heavy atom. The van der Waals surface area contributed by atoms with Gasteiger partial charge < -0.3 is 16.0 Å². The highest BCUT2D eigenvalue weighted by Crippen LogP contribution is 2.23. The molecule has 1 unspecified atom stereocenters. The van der Waals surface area contributed by atoms with Crippen LogP contribution in [0, 0.1) is 11.8 Å². The van der Waals surface area contributed by atoms with Gasteiger partial charge in [-0.15, -0.1) is 0 Å². The van der Waals surface area contributed by atoms with Crippen molar-refractivity contribution in [2.45, 2.75) is 59.4 Å². The van der Waals surface area contributed by atoms with Gasteiger partial charge in [-0.05, 0) is 69.3 Å². The lowest BCUT2D eigenvalue weighted by atomic mass is 9.93. The summed E-state index contributed by atoms with van der Waals surface area (Å²) in [5.74, 6) is 1.03. The predicted octanol–water partition coefficient (Wildman–Crippen LogP) is 4.30. The van der Waals surface area contributed by atoms with Crippen LogP contribution in [0.1, 0.15) is 53.9 Å². The van der Waals surface area contributed by atoms with Crippen molar-refractivity contribution in [1.82, 2.24) is 10.2 Å². The molecule has 6 nitrogen and oxygen atoms in total. The van der Waals surface area contributed by atoms with E-state index in [1.165, 1.54) is 12.8 Å². The van der Waals surface area contributed by atoms with Crippen LogP contribution in [0.4, 0.5) is 16.2 Å². The third-order valence-electron chi connectivity index (χ3n) is 5.21. The summed E-state index contributed by atoms with van der Waals surface area (Å²) in [6.07, 6.45) is 3.00. The van der Waals surface area contributed by atoms with E-state index in [-0.39, 0.29) is 17.5 Å². The Bertz CT molecular complexity index is 655. The van der Waals surface area contributed by atoms with E-state index in [0.29, 0.717) is 30.5 Å². The number of hydrogen-bond donors (Lipinski definition) is 3. The first-order valence-corrected chi connectivity index (χ1v) is 10.4. The monoisotopic (exact) mass is 388 g/mol. The number of hydrogen-bond acceptors (Lipinski definition) is 3. The third-order valence-corrected chi connectivity index (χ3v) is 5.21. The van der Waals surface area contributed by atoms with Crippen molar-refractivity contribution in [3.8, 4) is 0 Å². The first kappa shape index (κ1) is 22.2. The summed E-state index contributed by atoms with van der Waals surface area (Å²) in [5.41, 5.74) is 1.36. The van der Waals surface area contributed by atoms with Crippen molar-refractivity contribution in [1.29, 1.82) is 0 Å². The highest BCUT2D eigenvalue weighted by molar-refractivity contribution is 5.92. The molecule has 0 spiro atoms. The smallest absolute Gasteiger partial charge is 0.319 e. The number of carbonyl (C=O) groups excluding carboxylic acids is 2. The number of amides is 3. The molecule has 1 heterocycles. The molecule has 1 atom stereocenters. The molecule has 0 aromatic heterocycles. The molecular weight excluding hydrogens is 352 g/mol. The van der Waals surface area contributed by atoms with Gasteiger partial charge in [0.25, 0.3) is 0 Å². The molecule has 1 aromatic rings. The maximum atomic E-state index is 12.3. The van der Waals surface area contributed by atoms with Crippen LogP contribution in [-0.4, -0.2) is 42.0 Å². The number of likely N-dealkylation sites (tertiary alicyclic amines) is 1. The van der Waals surface area contributed by atoms with Crippen molar-refractivity contribution in [2.75, 3.05) is 30.3 Å². The molecule has 1 aromatic carbocycles. The van der Waals surface area contributed by atoms with Crippen molar-refractivity contribution in [3.05, 3.63) is 24.3 Å². The largest absolute Gasteiger partial charge is 0.336 e. The van der Waals surface area contributed by atoms with Gasteiger partial charge >= 0.3 is 6.03 Å². The molecule has 1 saturated heterocycles. The zero-order valence-corrected chi connectivity index (χ0v) is 18.0. The molecule has 1 fully saturated rings. The van der Waals surface area contributed by atoms with E-state index in [0.717, 1.165) is 18.8 Å². The Balaban J connectivity index is 1.80. The minimum atomic E-state index is -0.213. The van der Waals surface area contributed by atoms with Crippen molar-refractivity contribution in [2.24, 2.45) is 11.8 Å². The number of nitrogens with zero attached hydrogens (tertiary/aromatic N) is 1. The summed E-state index contributed by atoms with van der Waals surface area (Å²) >= 11 is 0. The molecule has 1 aliphatic heterocycles. The standard InChI is InChI=1S/C22H36N4O2/c1-16(2)13-20(27)24-18-8-10-19(11-9-18)25-21(28)23-15-22(4,5)26-12-6-7-17(3)14-26/h8-11,16-17H,6-7,12-15H2,1-5H3,(H,24,27)(H2,23,25,28). The average Bonchev–Trinajstić information content (AvgIpc) is 2.61. The van der Waals surface area contributed by atoms with Gasteiger partial charge in [0.05, 0.1) is 0 Å². The SMILES string of the molecule is CC(C)CC(=O)Nc1ccc(NC(=O)NCC(C)(C)N2CCCC(C)C2)cc1. The predicted molar refractivity (Wildman–Crippen MR) is 116 cm³/mol. The number of nitrogens with one attached hydrogen (secondary N) is 3. The topological polar surface area (TPSA) is 73.5 Å². The van der Waals surface area contributed by atoms with Crippen LogP contribution in [0.15, 0.2) is 24.3 Å². The van der Waals surface area contributed by atoms with Gasteiger partial charge in [-0.3, -0.25) is 9.69 Å². The summed E-state index contributed by atoms with van der Waals surface area (Å²) < 4.78 is 0. The van der Waals surface area contributed by atoms with Gasteiger partial charge in [0, 0.05) is 36.4 Å². The first-order valence-electron chi connectivity index (χ1n) is 10.4. The number of urea groups is 1. The summed E-state index contributed by atoms with van der Waals surface area (Å²) in [5, 5.41) is 8.71. The molecule has 0 bridgehead atoms. The van der Waals surface area contributed by atoms with E-state index in [9.17, 15) is 9.59 Å².